The molecular weight excluding hydrogens is 538 g/mol. The molecule has 240 valence electrons. The van der Waals surface area contributed by atoms with Crippen LogP contribution in [0.2, 0.25) is 0 Å². The number of carbonyl (C=O) groups is 2. The van der Waals surface area contributed by atoms with Gasteiger partial charge in [-0.1, -0.05) is 27.7 Å². The molecule has 2 amide bonds. The Hall–Kier alpha value is -2.61. The molecule has 0 radical (unpaired) electrons. The number of aryl methyl sites for hydroxylation is 1. The molecule has 8 nitrogen and oxygen atoms in total. The number of nitrogens with zero attached hydrogens (tertiary/aromatic N) is 5. The molecule has 0 unspecified atom stereocenters. The molecule has 0 aliphatic carbocycles. The van der Waals surface area contributed by atoms with Gasteiger partial charge in [0.05, 0.1) is 11.0 Å². The van der Waals surface area contributed by atoms with E-state index in [1.807, 2.05) is 37.8 Å². The number of imidazole rings is 1. The van der Waals surface area contributed by atoms with Crippen LogP contribution in [0, 0.1) is 11.8 Å². The first-order valence-corrected chi connectivity index (χ1v) is 16.9. The molecule has 3 heterocycles. The molecular formula is C35H57N5O3. The first-order valence-electron chi connectivity index (χ1n) is 16.9. The number of amides is 2. The van der Waals surface area contributed by atoms with Crippen LogP contribution in [0.5, 0.6) is 0 Å². The molecule has 2 saturated heterocycles. The van der Waals surface area contributed by atoms with Crippen LogP contribution >= 0.6 is 0 Å². The summed E-state index contributed by atoms with van der Waals surface area (Å²) in [4.78, 5) is 38.2. The van der Waals surface area contributed by atoms with Crippen molar-refractivity contribution in [1.29, 1.82) is 0 Å². The van der Waals surface area contributed by atoms with Gasteiger partial charge in [-0.05, 0) is 115 Å². The number of benzene rings is 1. The minimum Gasteiger partial charge on any atom is -0.444 e. The Balaban J connectivity index is 1.57. The van der Waals surface area contributed by atoms with E-state index in [4.69, 9.17) is 9.72 Å². The third-order valence-corrected chi connectivity index (χ3v) is 8.83. The quantitative estimate of drug-likeness (QED) is 0.260. The number of rotatable bonds is 12. The Bertz CT molecular complexity index is 1190. The largest absolute Gasteiger partial charge is 0.444 e. The Morgan fingerprint density at radius 1 is 0.953 bits per heavy atom. The average Bonchev–Trinajstić information content (AvgIpc) is 3.59. The fourth-order valence-electron chi connectivity index (χ4n) is 6.25. The summed E-state index contributed by atoms with van der Waals surface area (Å²) in [6, 6.07) is 6.11. The highest BCUT2D eigenvalue weighted by Crippen LogP contribution is 2.32. The van der Waals surface area contributed by atoms with Gasteiger partial charge in [-0.15, -0.1) is 0 Å². The summed E-state index contributed by atoms with van der Waals surface area (Å²) in [6.07, 6.45) is 7.16. The lowest BCUT2D eigenvalue weighted by Crippen LogP contribution is -2.41. The number of carbonyl (C=O) groups excluding carboxylic acids is 2. The van der Waals surface area contributed by atoms with Crippen molar-refractivity contribution in [3.8, 4) is 0 Å². The van der Waals surface area contributed by atoms with Crippen LogP contribution in [0.4, 0.5) is 4.79 Å². The lowest BCUT2D eigenvalue weighted by atomic mass is 9.96. The van der Waals surface area contributed by atoms with Gasteiger partial charge in [0.25, 0.3) is 5.91 Å². The fourth-order valence-corrected chi connectivity index (χ4v) is 6.25. The molecule has 1 aromatic heterocycles. The predicted octanol–water partition coefficient (Wildman–Crippen LogP) is 7.17. The van der Waals surface area contributed by atoms with Crippen LogP contribution in [0.15, 0.2) is 18.2 Å². The zero-order valence-corrected chi connectivity index (χ0v) is 28.0. The van der Waals surface area contributed by atoms with Crippen LogP contribution in [0.1, 0.15) is 116 Å². The van der Waals surface area contributed by atoms with Crippen molar-refractivity contribution < 1.29 is 14.3 Å². The Labute approximate surface area is 260 Å². The molecule has 4 rings (SSSR count). The van der Waals surface area contributed by atoms with Crippen LogP contribution in [-0.2, 0) is 11.3 Å². The summed E-state index contributed by atoms with van der Waals surface area (Å²) in [7, 11) is 0. The topological polar surface area (TPSA) is 70.9 Å². The first kappa shape index (κ1) is 33.3. The first-order chi connectivity index (χ1) is 20.4. The molecule has 0 N–H and O–H groups in total. The third-order valence-electron chi connectivity index (χ3n) is 8.83. The smallest absolute Gasteiger partial charge is 0.410 e. The minimum absolute atomic E-state index is 0.125. The van der Waals surface area contributed by atoms with E-state index in [1.54, 1.807) is 0 Å². The molecule has 0 saturated carbocycles. The SMILES string of the molecule is CC(C)CCN(CCC(C)C)C(=O)c1ccc2nc(C3CCN(C(=O)OC(C)(C)C)CC3)n(CCCN3CCCC3)c2c1. The lowest BCUT2D eigenvalue weighted by Gasteiger charge is -2.33. The van der Waals surface area contributed by atoms with Crippen molar-refractivity contribution in [3.63, 3.8) is 0 Å². The van der Waals surface area contributed by atoms with E-state index in [9.17, 15) is 9.59 Å². The van der Waals surface area contributed by atoms with Gasteiger partial charge in [-0.3, -0.25) is 4.79 Å². The molecule has 8 heteroatoms. The second-order valence-corrected chi connectivity index (χ2v) is 14.6. The normalized spacial score (nSPS) is 17.0. The van der Waals surface area contributed by atoms with Crippen molar-refractivity contribution >= 4 is 23.0 Å². The van der Waals surface area contributed by atoms with Crippen LogP contribution < -0.4 is 0 Å². The number of aromatic nitrogens is 2. The molecule has 2 aliphatic heterocycles. The molecule has 2 fully saturated rings. The summed E-state index contributed by atoms with van der Waals surface area (Å²) in [6.45, 7) is 21.9. The number of fused-ring (bicyclic) bond motifs is 1. The molecule has 43 heavy (non-hydrogen) atoms. The van der Waals surface area contributed by atoms with E-state index in [1.165, 1.54) is 25.9 Å². The number of piperidine rings is 1. The van der Waals surface area contributed by atoms with Crippen molar-refractivity contribution in [2.75, 3.05) is 45.8 Å². The van der Waals surface area contributed by atoms with E-state index >= 15 is 0 Å². The van der Waals surface area contributed by atoms with Crippen LogP contribution in [0.3, 0.4) is 0 Å². The fraction of sp³-hybridized carbons (Fsp3) is 0.743. The van der Waals surface area contributed by atoms with Gasteiger partial charge < -0.3 is 24.0 Å². The standard InChI is InChI=1S/C35H57N5O3/c1-26(2)13-21-38(22-14-27(3)4)33(41)29-11-12-30-31(25-29)40(20-10-19-37-17-8-9-18-37)32(36-30)28-15-23-39(24-16-28)34(42)43-35(5,6)7/h11-12,25-28H,8-10,13-24H2,1-7H3. The maximum absolute atomic E-state index is 13.9. The summed E-state index contributed by atoms with van der Waals surface area (Å²) < 4.78 is 8.02. The highest BCUT2D eigenvalue weighted by molar-refractivity contribution is 5.97. The van der Waals surface area contributed by atoms with Crippen LogP contribution in [0.25, 0.3) is 11.0 Å². The Kier molecular flexibility index (Phi) is 11.5. The number of hydrogen-bond acceptors (Lipinski definition) is 5. The highest BCUT2D eigenvalue weighted by atomic mass is 16.6. The van der Waals surface area contributed by atoms with Gasteiger partial charge in [-0.2, -0.15) is 0 Å². The van der Waals surface area contributed by atoms with Crippen molar-refractivity contribution in [1.82, 2.24) is 24.3 Å². The summed E-state index contributed by atoms with van der Waals surface area (Å²) in [5.74, 6) is 2.60. The summed E-state index contributed by atoms with van der Waals surface area (Å²) in [5.41, 5.74) is 2.28. The summed E-state index contributed by atoms with van der Waals surface area (Å²) in [5, 5.41) is 0. The average molecular weight is 596 g/mol. The van der Waals surface area contributed by atoms with Crippen molar-refractivity contribution in [3.05, 3.63) is 29.6 Å². The molecule has 2 aliphatic rings. The van der Waals surface area contributed by atoms with Crippen molar-refractivity contribution in [2.45, 2.75) is 111 Å². The van der Waals surface area contributed by atoms with Gasteiger partial charge in [-0.25, -0.2) is 9.78 Å². The van der Waals surface area contributed by atoms with E-state index < -0.39 is 5.60 Å². The molecule has 0 bridgehead atoms. The zero-order valence-electron chi connectivity index (χ0n) is 28.0. The maximum Gasteiger partial charge on any atom is 0.410 e. The maximum atomic E-state index is 13.9. The summed E-state index contributed by atoms with van der Waals surface area (Å²) >= 11 is 0. The van der Waals surface area contributed by atoms with Gasteiger partial charge in [0.2, 0.25) is 0 Å². The Morgan fingerprint density at radius 3 is 2.16 bits per heavy atom. The highest BCUT2D eigenvalue weighted by Gasteiger charge is 2.30. The second kappa shape index (κ2) is 14.9. The van der Waals surface area contributed by atoms with E-state index in [2.05, 4.69) is 48.1 Å². The minimum atomic E-state index is -0.494. The van der Waals surface area contributed by atoms with E-state index in [0.717, 1.165) is 80.7 Å². The Morgan fingerprint density at radius 2 is 1.58 bits per heavy atom. The van der Waals surface area contributed by atoms with Gasteiger partial charge in [0, 0.05) is 44.2 Å². The van der Waals surface area contributed by atoms with E-state index in [0.29, 0.717) is 24.9 Å². The van der Waals surface area contributed by atoms with Crippen molar-refractivity contribution in [2.24, 2.45) is 11.8 Å². The zero-order chi connectivity index (χ0) is 31.1. The molecule has 0 spiro atoms. The predicted molar refractivity (Wildman–Crippen MR) is 175 cm³/mol. The molecule has 0 atom stereocenters. The number of likely N-dealkylation sites (tertiary alicyclic amines) is 2. The molecule has 2 aromatic rings. The number of ether oxygens (including phenoxy) is 1. The van der Waals surface area contributed by atoms with E-state index in [-0.39, 0.29) is 17.9 Å². The monoisotopic (exact) mass is 595 g/mol. The second-order valence-electron chi connectivity index (χ2n) is 14.6. The lowest BCUT2D eigenvalue weighted by molar-refractivity contribution is 0.0202. The van der Waals surface area contributed by atoms with Gasteiger partial charge >= 0.3 is 6.09 Å². The van der Waals surface area contributed by atoms with Gasteiger partial charge in [0.15, 0.2) is 0 Å². The van der Waals surface area contributed by atoms with Crippen LogP contribution in [-0.4, -0.2) is 87.7 Å². The van der Waals surface area contributed by atoms with Gasteiger partial charge in [0.1, 0.15) is 11.4 Å². The third kappa shape index (κ3) is 9.44. The number of hydrogen-bond donors (Lipinski definition) is 0. The molecule has 1 aromatic carbocycles.